The molecule has 0 spiro atoms. The number of carbonyl (C=O) groups is 3. The molecule has 0 bridgehead atoms. The maximum absolute atomic E-state index is 11.8. The van der Waals surface area contributed by atoms with Gasteiger partial charge in [0.2, 0.25) is 5.91 Å². The van der Waals surface area contributed by atoms with E-state index in [2.05, 4.69) is 10.6 Å². The fourth-order valence-electron chi connectivity index (χ4n) is 1.39. The first kappa shape index (κ1) is 13.7. The highest BCUT2D eigenvalue weighted by Crippen LogP contribution is 2.01. The highest BCUT2D eigenvalue weighted by atomic mass is 16.4. The Morgan fingerprint density at radius 1 is 1.22 bits per heavy atom. The second-order valence-corrected chi connectivity index (χ2v) is 3.60. The summed E-state index contributed by atoms with van der Waals surface area (Å²) in [6.45, 7) is 0. The molecule has 18 heavy (non-hydrogen) atoms. The smallest absolute Gasteiger partial charge is 0.305 e. The number of nitrogens with one attached hydrogen (secondary N) is 2. The normalized spacial score (nSPS) is 11.4. The molecule has 3 N–H and O–H groups in total. The summed E-state index contributed by atoms with van der Waals surface area (Å²) in [5.74, 6) is -2.18. The quantitative estimate of drug-likeness (QED) is 0.685. The lowest BCUT2D eigenvalue weighted by molar-refractivity contribution is -0.139. The number of rotatable bonds is 5. The number of amides is 2. The predicted molar refractivity (Wildman–Crippen MR) is 64.0 cm³/mol. The van der Waals surface area contributed by atoms with Gasteiger partial charge in [0.25, 0.3) is 5.91 Å². The van der Waals surface area contributed by atoms with Gasteiger partial charge in [-0.15, -0.1) is 0 Å². The van der Waals surface area contributed by atoms with Crippen molar-refractivity contribution in [2.75, 3.05) is 7.05 Å². The molecule has 0 heterocycles. The summed E-state index contributed by atoms with van der Waals surface area (Å²) in [5.41, 5.74) is 0.372. The Kier molecular flexibility index (Phi) is 4.86. The molecule has 0 aliphatic rings. The van der Waals surface area contributed by atoms with E-state index in [1.54, 1.807) is 30.3 Å². The Morgan fingerprint density at radius 2 is 1.83 bits per heavy atom. The van der Waals surface area contributed by atoms with Crippen molar-refractivity contribution in [1.82, 2.24) is 10.6 Å². The Labute approximate surface area is 104 Å². The molecule has 1 unspecified atom stereocenters. The number of carbonyl (C=O) groups excluding carboxylic acids is 2. The molecule has 0 aliphatic heterocycles. The van der Waals surface area contributed by atoms with Gasteiger partial charge < -0.3 is 15.7 Å². The van der Waals surface area contributed by atoms with E-state index in [0.717, 1.165) is 0 Å². The van der Waals surface area contributed by atoms with E-state index in [4.69, 9.17) is 5.11 Å². The molecule has 0 fully saturated rings. The maximum Gasteiger partial charge on any atom is 0.305 e. The predicted octanol–water partition coefficient (Wildman–Crippen LogP) is 0.00570. The van der Waals surface area contributed by atoms with Gasteiger partial charge in [-0.2, -0.15) is 0 Å². The Morgan fingerprint density at radius 3 is 2.33 bits per heavy atom. The standard InChI is InChI=1S/C12H14N2O4/c1-13-12(18)9(7-10(15)16)14-11(17)8-5-3-2-4-6-8/h2-6,9H,7H2,1H3,(H,13,18)(H,14,17)(H,15,16). The largest absolute Gasteiger partial charge is 0.481 e. The van der Waals surface area contributed by atoms with Gasteiger partial charge in [-0.25, -0.2) is 0 Å². The van der Waals surface area contributed by atoms with Crippen LogP contribution in [0.15, 0.2) is 30.3 Å². The first-order valence-corrected chi connectivity index (χ1v) is 5.34. The van der Waals surface area contributed by atoms with E-state index >= 15 is 0 Å². The Bertz CT molecular complexity index is 445. The molecule has 0 aromatic heterocycles. The third-order valence-corrected chi connectivity index (χ3v) is 2.28. The van der Waals surface area contributed by atoms with Gasteiger partial charge in [0, 0.05) is 12.6 Å². The fraction of sp³-hybridized carbons (Fsp3) is 0.250. The molecule has 0 saturated heterocycles. The van der Waals surface area contributed by atoms with Crippen LogP contribution in [0, 0.1) is 0 Å². The van der Waals surface area contributed by atoms with Crippen molar-refractivity contribution in [3.05, 3.63) is 35.9 Å². The van der Waals surface area contributed by atoms with Gasteiger partial charge in [-0.3, -0.25) is 14.4 Å². The lowest BCUT2D eigenvalue weighted by Crippen LogP contribution is -2.46. The van der Waals surface area contributed by atoms with Crippen molar-refractivity contribution in [2.24, 2.45) is 0 Å². The molecule has 2 amide bonds. The van der Waals surface area contributed by atoms with Crippen molar-refractivity contribution < 1.29 is 19.5 Å². The third kappa shape index (κ3) is 3.89. The number of carboxylic acid groups (broad SMARTS) is 1. The van der Waals surface area contributed by atoms with Gasteiger partial charge >= 0.3 is 5.97 Å². The first-order valence-electron chi connectivity index (χ1n) is 5.34. The zero-order valence-electron chi connectivity index (χ0n) is 9.84. The minimum Gasteiger partial charge on any atom is -0.481 e. The number of likely N-dealkylation sites (N-methyl/N-ethyl adjacent to an activating group) is 1. The zero-order valence-corrected chi connectivity index (χ0v) is 9.84. The average Bonchev–Trinajstić information content (AvgIpc) is 2.37. The van der Waals surface area contributed by atoms with Crippen molar-refractivity contribution in [2.45, 2.75) is 12.5 Å². The number of aliphatic carboxylic acids is 1. The average molecular weight is 250 g/mol. The van der Waals surface area contributed by atoms with Gasteiger partial charge in [0.05, 0.1) is 6.42 Å². The number of carboxylic acids is 1. The molecule has 1 aromatic rings. The van der Waals surface area contributed by atoms with Gasteiger partial charge in [-0.1, -0.05) is 18.2 Å². The van der Waals surface area contributed by atoms with E-state index in [1.807, 2.05) is 0 Å². The lowest BCUT2D eigenvalue weighted by atomic mass is 10.1. The first-order chi connectivity index (χ1) is 8.54. The third-order valence-electron chi connectivity index (χ3n) is 2.28. The van der Waals surface area contributed by atoms with Crippen LogP contribution in [0.25, 0.3) is 0 Å². The highest BCUT2D eigenvalue weighted by molar-refractivity contribution is 5.98. The summed E-state index contributed by atoms with van der Waals surface area (Å²) in [5, 5.41) is 13.4. The molecule has 6 heteroatoms. The Hall–Kier alpha value is -2.37. The van der Waals surface area contributed by atoms with Crippen LogP contribution < -0.4 is 10.6 Å². The second-order valence-electron chi connectivity index (χ2n) is 3.60. The summed E-state index contributed by atoms with van der Waals surface area (Å²) in [6.07, 6.45) is -0.460. The van der Waals surface area contributed by atoms with Crippen LogP contribution in [0.4, 0.5) is 0 Å². The molecule has 1 rings (SSSR count). The molecular weight excluding hydrogens is 236 g/mol. The van der Waals surface area contributed by atoms with Gasteiger partial charge in [0.1, 0.15) is 6.04 Å². The second kappa shape index (κ2) is 6.39. The molecule has 1 atom stereocenters. The number of benzene rings is 1. The molecule has 6 nitrogen and oxygen atoms in total. The highest BCUT2D eigenvalue weighted by Gasteiger charge is 2.22. The number of hydrogen-bond donors (Lipinski definition) is 3. The summed E-state index contributed by atoms with van der Waals surface area (Å²) in [4.78, 5) is 33.8. The molecule has 96 valence electrons. The minimum absolute atomic E-state index is 0.372. The van der Waals surface area contributed by atoms with Crippen LogP contribution in [-0.2, 0) is 9.59 Å². The molecule has 0 saturated carbocycles. The van der Waals surface area contributed by atoms with Crippen LogP contribution in [0.2, 0.25) is 0 Å². The van der Waals surface area contributed by atoms with E-state index < -0.39 is 30.2 Å². The maximum atomic E-state index is 11.8. The van der Waals surface area contributed by atoms with E-state index in [1.165, 1.54) is 7.05 Å². The van der Waals surface area contributed by atoms with Crippen LogP contribution in [0.1, 0.15) is 16.8 Å². The lowest BCUT2D eigenvalue weighted by Gasteiger charge is -2.15. The van der Waals surface area contributed by atoms with Crippen LogP contribution in [-0.4, -0.2) is 36.0 Å². The number of hydrogen-bond acceptors (Lipinski definition) is 3. The van der Waals surface area contributed by atoms with Crippen LogP contribution in [0.3, 0.4) is 0 Å². The molecule has 0 aliphatic carbocycles. The fourth-order valence-corrected chi connectivity index (χ4v) is 1.39. The van der Waals surface area contributed by atoms with E-state index in [0.29, 0.717) is 5.56 Å². The summed E-state index contributed by atoms with van der Waals surface area (Å²) < 4.78 is 0. The zero-order chi connectivity index (χ0) is 13.5. The van der Waals surface area contributed by atoms with Gasteiger partial charge in [0.15, 0.2) is 0 Å². The SMILES string of the molecule is CNC(=O)C(CC(=O)O)NC(=O)c1ccccc1. The summed E-state index contributed by atoms with van der Waals surface area (Å²) >= 11 is 0. The van der Waals surface area contributed by atoms with Crippen molar-refractivity contribution in [3.8, 4) is 0 Å². The molecule has 1 aromatic carbocycles. The van der Waals surface area contributed by atoms with Crippen molar-refractivity contribution in [1.29, 1.82) is 0 Å². The van der Waals surface area contributed by atoms with E-state index in [-0.39, 0.29) is 0 Å². The topological polar surface area (TPSA) is 95.5 Å². The summed E-state index contributed by atoms with van der Waals surface area (Å²) in [6, 6.07) is 7.19. The van der Waals surface area contributed by atoms with Crippen molar-refractivity contribution in [3.63, 3.8) is 0 Å². The van der Waals surface area contributed by atoms with Gasteiger partial charge in [-0.05, 0) is 12.1 Å². The summed E-state index contributed by atoms with van der Waals surface area (Å²) in [7, 11) is 1.38. The minimum atomic E-state index is -1.16. The molecular formula is C12H14N2O4. The van der Waals surface area contributed by atoms with Crippen LogP contribution in [0.5, 0.6) is 0 Å². The van der Waals surface area contributed by atoms with Crippen LogP contribution >= 0.6 is 0 Å². The van der Waals surface area contributed by atoms with E-state index in [9.17, 15) is 14.4 Å². The van der Waals surface area contributed by atoms with Crippen molar-refractivity contribution >= 4 is 17.8 Å². The Balaban J connectivity index is 2.74. The monoisotopic (exact) mass is 250 g/mol. The molecule has 0 radical (unpaired) electrons.